The van der Waals surface area contributed by atoms with Crippen molar-refractivity contribution in [2.75, 3.05) is 24.6 Å². The Balaban J connectivity index is 1.26. The summed E-state index contributed by atoms with van der Waals surface area (Å²) in [6.07, 6.45) is 7.56. The van der Waals surface area contributed by atoms with Gasteiger partial charge in [0.25, 0.3) is 5.91 Å². The number of carbonyl (C=O) groups is 3. The lowest BCUT2D eigenvalue weighted by Gasteiger charge is -2.40. The average molecular weight is 640 g/mol. The zero-order chi connectivity index (χ0) is 33.0. The lowest BCUT2D eigenvalue weighted by atomic mass is 9.74. The van der Waals surface area contributed by atoms with Gasteiger partial charge in [-0.3, -0.25) is 14.4 Å². The van der Waals surface area contributed by atoms with Crippen molar-refractivity contribution in [2.45, 2.75) is 36.8 Å². The van der Waals surface area contributed by atoms with Crippen molar-refractivity contribution in [3.05, 3.63) is 139 Å². The highest BCUT2D eigenvalue weighted by molar-refractivity contribution is 6.07. The summed E-state index contributed by atoms with van der Waals surface area (Å²) in [5, 5.41) is 12.9. The highest BCUT2D eigenvalue weighted by Gasteiger charge is 2.75. The fourth-order valence-electron chi connectivity index (χ4n) is 8.40. The first kappa shape index (κ1) is 30.3. The van der Waals surface area contributed by atoms with Gasteiger partial charge in [0, 0.05) is 25.3 Å². The number of anilines is 1. The van der Waals surface area contributed by atoms with Crippen LogP contribution in [0.4, 0.5) is 5.69 Å². The molecule has 6 atom stereocenters. The maximum atomic E-state index is 15.1. The van der Waals surface area contributed by atoms with Crippen LogP contribution in [0.15, 0.2) is 127 Å². The van der Waals surface area contributed by atoms with E-state index < -0.39 is 41.7 Å². The fourth-order valence-corrected chi connectivity index (χ4v) is 8.40. The zero-order valence-electron chi connectivity index (χ0n) is 26.7. The molecule has 8 heteroatoms. The number of benzene rings is 4. The predicted octanol–water partition coefficient (Wildman–Crippen LogP) is 5.05. The minimum atomic E-state index is -1.45. The second-order valence-electron chi connectivity index (χ2n) is 13.3. The number of fused-ring (bicyclic) bond motifs is 3. The molecule has 8 nitrogen and oxygen atoms in total. The Morgan fingerprint density at radius 2 is 1.46 bits per heavy atom. The zero-order valence-corrected chi connectivity index (χ0v) is 26.7. The van der Waals surface area contributed by atoms with Gasteiger partial charge in [-0.15, -0.1) is 0 Å². The number of hydrogen-bond acceptors (Lipinski definition) is 5. The summed E-state index contributed by atoms with van der Waals surface area (Å²) < 4.78 is 7.04. The molecule has 2 fully saturated rings. The molecule has 1 N–H and O–H groups in total. The first-order valence-corrected chi connectivity index (χ1v) is 16.5. The van der Waals surface area contributed by atoms with Crippen molar-refractivity contribution in [3.8, 4) is 0 Å². The van der Waals surface area contributed by atoms with E-state index in [4.69, 9.17) is 4.74 Å². The van der Waals surface area contributed by atoms with Gasteiger partial charge in [0.05, 0.1) is 30.1 Å². The smallest absolute Gasteiger partial charge is 0.253 e. The molecule has 48 heavy (non-hydrogen) atoms. The third-order valence-electron chi connectivity index (χ3n) is 10.5. The maximum absolute atomic E-state index is 15.1. The van der Waals surface area contributed by atoms with E-state index in [1.54, 1.807) is 9.80 Å². The lowest BCUT2D eigenvalue weighted by molar-refractivity contribution is -0.151. The summed E-state index contributed by atoms with van der Waals surface area (Å²) in [6.45, 7) is 2.46. The molecule has 242 valence electrons. The Morgan fingerprint density at radius 3 is 2.21 bits per heavy atom. The number of rotatable bonds is 6. The second-order valence-corrected chi connectivity index (χ2v) is 13.3. The summed E-state index contributed by atoms with van der Waals surface area (Å²) in [5.41, 5.74) is -0.217. The van der Waals surface area contributed by atoms with Crippen LogP contribution in [0.25, 0.3) is 10.8 Å². The lowest BCUT2D eigenvalue weighted by Crippen LogP contribution is -2.57. The number of aliphatic hydroxyl groups is 1. The molecule has 4 heterocycles. The Kier molecular flexibility index (Phi) is 7.31. The molecule has 4 aliphatic heterocycles. The number of ether oxygens (including phenoxy) is 1. The van der Waals surface area contributed by atoms with Crippen LogP contribution in [-0.4, -0.2) is 69.6 Å². The van der Waals surface area contributed by atoms with E-state index >= 15 is 9.59 Å². The molecule has 4 aromatic carbocycles. The molecule has 0 bridgehead atoms. The number of carbonyl (C=O) groups excluding carboxylic acids is 3. The second kappa shape index (κ2) is 11.6. The molecular weight excluding hydrogens is 602 g/mol. The van der Waals surface area contributed by atoms with Crippen LogP contribution < -0.4 is 4.90 Å². The van der Waals surface area contributed by atoms with Gasteiger partial charge < -0.3 is 24.5 Å². The van der Waals surface area contributed by atoms with Crippen LogP contribution in [0.2, 0.25) is 0 Å². The third kappa shape index (κ3) is 4.62. The van der Waals surface area contributed by atoms with Crippen LogP contribution in [0.3, 0.4) is 0 Å². The molecule has 1 unspecified atom stereocenters. The number of aliphatic hydroxyl groups excluding tert-OH is 1. The van der Waals surface area contributed by atoms with Crippen LogP contribution in [-0.2, 0) is 25.7 Å². The summed E-state index contributed by atoms with van der Waals surface area (Å²) in [5.74, 6) is -2.77. The van der Waals surface area contributed by atoms with Crippen molar-refractivity contribution in [3.63, 3.8) is 0 Å². The summed E-state index contributed by atoms with van der Waals surface area (Å²) in [6, 6.07) is 30.9. The fraction of sp³-hybridized carbons (Fsp3) is 0.275. The molecule has 4 aromatic rings. The van der Waals surface area contributed by atoms with Crippen LogP contribution in [0, 0.1) is 11.8 Å². The molecule has 3 amide bonds. The predicted molar refractivity (Wildman–Crippen MR) is 183 cm³/mol. The molecule has 2 saturated heterocycles. The van der Waals surface area contributed by atoms with Gasteiger partial charge in [-0.2, -0.15) is 0 Å². The molecule has 0 aliphatic carbocycles. The van der Waals surface area contributed by atoms with Crippen LogP contribution >= 0.6 is 0 Å². The molecule has 8 rings (SSSR count). The Bertz CT molecular complexity index is 1960. The molecule has 4 aliphatic rings. The Labute approximate surface area is 279 Å². The average Bonchev–Trinajstić information content (AvgIpc) is 3.38. The highest BCUT2D eigenvalue weighted by Crippen LogP contribution is 2.59. The van der Waals surface area contributed by atoms with Gasteiger partial charge in [0.1, 0.15) is 11.6 Å². The summed E-state index contributed by atoms with van der Waals surface area (Å²) >= 11 is 0. The molecule has 1 spiro atoms. The van der Waals surface area contributed by atoms with Crippen molar-refractivity contribution < 1.29 is 24.2 Å². The van der Waals surface area contributed by atoms with E-state index in [2.05, 4.69) is 0 Å². The monoisotopic (exact) mass is 639 g/mol. The van der Waals surface area contributed by atoms with Gasteiger partial charge >= 0.3 is 0 Å². The Hall–Kier alpha value is -5.05. The number of likely N-dealkylation sites (tertiary alicyclic amines) is 1. The van der Waals surface area contributed by atoms with E-state index in [0.717, 1.165) is 16.3 Å². The van der Waals surface area contributed by atoms with Gasteiger partial charge in [-0.25, -0.2) is 0 Å². The van der Waals surface area contributed by atoms with E-state index in [1.807, 2.05) is 134 Å². The van der Waals surface area contributed by atoms with E-state index in [1.165, 1.54) is 4.90 Å². The van der Waals surface area contributed by atoms with E-state index in [9.17, 15) is 9.90 Å². The highest BCUT2D eigenvalue weighted by atomic mass is 16.5. The van der Waals surface area contributed by atoms with Gasteiger partial charge in [-0.1, -0.05) is 115 Å². The minimum absolute atomic E-state index is 0.195. The van der Waals surface area contributed by atoms with Crippen LogP contribution in [0.5, 0.6) is 0 Å². The topological polar surface area (TPSA) is 90.4 Å². The summed E-state index contributed by atoms with van der Waals surface area (Å²) in [4.78, 5) is 49.8. The SMILES string of the molecule is C[C@]12C=CCN(Cc3ccccc3)C(=O)[C@H]1[C@H]1C(=O)N([C@H](CO)c3ccccc3)C3C(=O)N(c4ccc5ccccc5c4)CC=C[C@@]31O2. The van der Waals surface area contributed by atoms with E-state index in [0.29, 0.717) is 24.3 Å². The third-order valence-corrected chi connectivity index (χ3v) is 10.5. The normalized spacial score (nSPS) is 28.7. The number of hydrogen-bond donors (Lipinski definition) is 1. The van der Waals surface area contributed by atoms with Crippen molar-refractivity contribution in [1.29, 1.82) is 0 Å². The standard InChI is InChI=1S/C40H37N3O5/c1-39-20-10-22-41(25-27-12-4-2-5-13-27)36(45)33(39)34-37(46)43(32(26-44)29-15-6-3-7-16-29)35-38(47)42(23-11-21-40(34,35)48-39)31-19-18-28-14-8-9-17-30(28)24-31/h2-21,24,32-35,44H,22-23,25-26H2,1H3/t32-,33-,34+,35?,39+,40+/m1/s1. The molecular formula is C40H37N3O5. The quantitative estimate of drug-likeness (QED) is 0.299. The van der Waals surface area contributed by atoms with Crippen molar-refractivity contribution in [1.82, 2.24) is 9.80 Å². The maximum Gasteiger partial charge on any atom is 0.253 e. The van der Waals surface area contributed by atoms with Gasteiger partial charge in [0.15, 0.2) is 0 Å². The van der Waals surface area contributed by atoms with Crippen molar-refractivity contribution in [2.24, 2.45) is 11.8 Å². The van der Waals surface area contributed by atoms with Gasteiger partial charge in [0.2, 0.25) is 11.8 Å². The minimum Gasteiger partial charge on any atom is -0.394 e. The Morgan fingerprint density at radius 1 is 0.771 bits per heavy atom. The molecule has 0 radical (unpaired) electrons. The first-order valence-electron chi connectivity index (χ1n) is 16.5. The van der Waals surface area contributed by atoms with E-state index in [-0.39, 0.29) is 24.3 Å². The van der Waals surface area contributed by atoms with Gasteiger partial charge in [-0.05, 0) is 41.0 Å². The van der Waals surface area contributed by atoms with Crippen molar-refractivity contribution >= 4 is 34.2 Å². The largest absolute Gasteiger partial charge is 0.394 e. The number of amides is 3. The number of nitrogens with zero attached hydrogens (tertiary/aromatic N) is 3. The van der Waals surface area contributed by atoms with Crippen LogP contribution in [0.1, 0.15) is 24.1 Å². The molecule has 0 saturated carbocycles. The molecule has 0 aromatic heterocycles. The first-order chi connectivity index (χ1) is 23.3. The summed E-state index contributed by atoms with van der Waals surface area (Å²) in [7, 11) is 0.